The summed E-state index contributed by atoms with van der Waals surface area (Å²) in [6.45, 7) is 3.85. The van der Waals surface area contributed by atoms with Crippen LogP contribution in [-0.4, -0.2) is 46.0 Å². The maximum atomic E-state index is 12.6. The van der Waals surface area contributed by atoms with Crippen molar-refractivity contribution in [2.45, 2.75) is 50.5 Å². The number of aliphatic hydroxyl groups excluding tert-OH is 1. The molecule has 1 amide bonds. The Labute approximate surface area is 221 Å². The van der Waals surface area contributed by atoms with Crippen molar-refractivity contribution in [3.05, 3.63) is 64.7 Å². The lowest BCUT2D eigenvalue weighted by atomic mass is 9.92. The van der Waals surface area contributed by atoms with Crippen LogP contribution in [0.25, 0.3) is 0 Å². The molecule has 5 rings (SSSR count). The smallest absolute Gasteiger partial charge is 0.286 e. The fraction of sp³-hybridized carbons (Fsp3) is 0.360. The number of anilines is 2. The van der Waals surface area contributed by atoms with Gasteiger partial charge in [-0.25, -0.2) is 12.8 Å². The number of carbonyl (C=O) groups excluding carboxylic acids is 1. The van der Waals surface area contributed by atoms with E-state index in [1.165, 1.54) is 23.8 Å². The van der Waals surface area contributed by atoms with Crippen molar-refractivity contribution in [1.29, 1.82) is 0 Å². The van der Waals surface area contributed by atoms with Gasteiger partial charge in [0.05, 0.1) is 11.9 Å². The number of rotatable bonds is 4. The number of amides is 1. The van der Waals surface area contributed by atoms with Crippen LogP contribution in [0.4, 0.5) is 15.8 Å². The summed E-state index contributed by atoms with van der Waals surface area (Å²) >= 11 is 0. The van der Waals surface area contributed by atoms with E-state index in [0.717, 1.165) is 37.1 Å². The molecule has 1 saturated carbocycles. The van der Waals surface area contributed by atoms with Gasteiger partial charge in [0.25, 0.3) is 15.9 Å². The zero-order valence-electron chi connectivity index (χ0n) is 21.1. The molecule has 0 bridgehead atoms. The number of nitrogens with zero attached hydrogens (tertiary/aromatic N) is 1. The Bertz CT molecular complexity index is 1570. The van der Waals surface area contributed by atoms with Crippen molar-refractivity contribution < 1.29 is 31.1 Å². The number of sulfonamides is 2. The molecule has 0 radical (unpaired) electrons. The number of fused-ring (bicyclic) bond motifs is 2. The minimum atomic E-state index is -4.22. The lowest BCUT2D eigenvalue weighted by Gasteiger charge is -2.29. The van der Waals surface area contributed by atoms with Crippen LogP contribution in [0, 0.1) is 18.7 Å². The van der Waals surface area contributed by atoms with Gasteiger partial charge in [-0.15, -0.1) is 4.40 Å². The monoisotopic (exact) mass is 564 g/mol. The second kappa shape index (κ2) is 10.4. The van der Waals surface area contributed by atoms with Crippen LogP contribution in [0.3, 0.4) is 0 Å². The highest BCUT2D eigenvalue weighted by Crippen LogP contribution is 2.37. The first kappa shape index (κ1) is 27.6. The summed E-state index contributed by atoms with van der Waals surface area (Å²) in [4.78, 5) is 12.2. The topological polar surface area (TPSA) is 154 Å². The molecule has 3 aliphatic rings. The van der Waals surface area contributed by atoms with E-state index in [0.29, 0.717) is 6.42 Å². The van der Waals surface area contributed by atoms with E-state index in [4.69, 9.17) is 0 Å². The fourth-order valence-corrected chi connectivity index (χ4v) is 6.41. The van der Waals surface area contributed by atoms with Crippen LogP contribution in [0.2, 0.25) is 0 Å². The Morgan fingerprint density at radius 3 is 2.58 bits per heavy atom. The van der Waals surface area contributed by atoms with Crippen LogP contribution in [-0.2, 0) is 31.3 Å². The number of amidine groups is 1. The normalized spacial score (nSPS) is 21.7. The standard InChI is InChI=1S/C16H18N4O6S2.C9H11F/c1-27(23,24)19-8-5-6-11-12(7-8)28(25,26)20-15(17-11)13-14(21)9-3-2-4-10(9)18-16(13)22;1-3-8-4-5-9(10)7(2)6-8/h5-7,9-10,19,21H,2-4H2,1H3,(H,17,20)(H,18,22);4-6H,3H2,1-2H3/t9-,10+;/m1./s1. The molecule has 2 aliphatic heterocycles. The van der Waals surface area contributed by atoms with Gasteiger partial charge in [0.15, 0.2) is 5.84 Å². The SMILES string of the molecule is CCc1ccc(F)c(C)c1.CS(=O)(=O)Nc1ccc2c(c1)S(=O)(=O)N=C(C1=C(O)[C@@H]3CCC[C@@H]3NC1=O)N2. The zero-order chi connectivity index (χ0) is 27.8. The van der Waals surface area contributed by atoms with E-state index in [9.17, 15) is 31.1 Å². The van der Waals surface area contributed by atoms with E-state index in [-0.39, 0.29) is 51.2 Å². The Morgan fingerprint density at radius 2 is 1.92 bits per heavy atom. The second-order valence-corrected chi connectivity index (χ2v) is 12.8. The molecule has 0 aromatic heterocycles. The highest BCUT2D eigenvalue weighted by atomic mass is 32.2. The minimum Gasteiger partial charge on any atom is -0.511 e. The van der Waals surface area contributed by atoms with Gasteiger partial charge in [0, 0.05) is 17.6 Å². The first-order valence-corrected chi connectivity index (χ1v) is 15.4. The molecule has 10 nitrogen and oxygen atoms in total. The largest absolute Gasteiger partial charge is 0.511 e. The van der Waals surface area contributed by atoms with Crippen LogP contribution < -0.4 is 15.4 Å². The van der Waals surface area contributed by atoms with Crippen molar-refractivity contribution in [3.8, 4) is 0 Å². The van der Waals surface area contributed by atoms with Gasteiger partial charge in [0.1, 0.15) is 22.0 Å². The number of hydrogen-bond acceptors (Lipinski definition) is 7. The van der Waals surface area contributed by atoms with Gasteiger partial charge in [0.2, 0.25) is 10.0 Å². The summed E-state index contributed by atoms with van der Waals surface area (Å²) in [5, 5.41) is 16.1. The lowest BCUT2D eigenvalue weighted by molar-refractivity contribution is -0.118. The van der Waals surface area contributed by atoms with Gasteiger partial charge in [-0.3, -0.25) is 9.52 Å². The maximum absolute atomic E-state index is 12.6. The lowest BCUT2D eigenvalue weighted by Crippen LogP contribution is -2.47. The molecule has 0 spiro atoms. The van der Waals surface area contributed by atoms with E-state index in [1.54, 1.807) is 6.92 Å². The Balaban J connectivity index is 0.000000283. The third-order valence-corrected chi connectivity index (χ3v) is 8.48. The Hall–Kier alpha value is -3.45. The second-order valence-electron chi connectivity index (χ2n) is 9.44. The van der Waals surface area contributed by atoms with Crippen molar-refractivity contribution in [3.63, 3.8) is 0 Å². The van der Waals surface area contributed by atoms with E-state index in [2.05, 4.69) is 26.7 Å². The summed E-state index contributed by atoms with van der Waals surface area (Å²) in [6, 6.07) is 8.96. The number of benzene rings is 2. The van der Waals surface area contributed by atoms with Crippen LogP contribution >= 0.6 is 0 Å². The molecule has 2 atom stereocenters. The average Bonchev–Trinajstić information content (AvgIpc) is 3.29. The summed E-state index contributed by atoms with van der Waals surface area (Å²) in [5.74, 6) is -1.37. The van der Waals surface area contributed by atoms with Gasteiger partial charge >= 0.3 is 0 Å². The van der Waals surface area contributed by atoms with E-state index in [1.807, 2.05) is 12.1 Å². The van der Waals surface area contributed by atoms with Gasteiger partial charge in [-0.2, -0.15) is 8.42 Å². The van der Waals surface area contributed by atoms with Crippen molar-refractivity contribution in [2.24, 2.45) is 10.3 Å². The molecule has 2 aromatic rings. The molecule has 0 saturated heterocycles. The van der Waals surface area contributed by atoms with Gasteiger partial charge in [-0.1, -0.05) is 25.5 Å². The number of halogens is 1. The Morgan fingerprint density at radius 1 is 1.18 bits per heavy atom. The number of hydrogen-bond donors (Lipinski definition) is 4. The zero-order valence-corrected chi connectivity index (χ0v) is 22.7. The molecule has 1 aliphatic carbocycles. The summed E-state index contributed by atoms with van der Waals surface area (Å²) < 4.78 is 66.5. The van der Waals surface area contributed by atoms with E-state index < -0.39 is 26.0 Å². The summed E-state index contributed by atoms with van der Waals surface area (Å²) in [6.07, 6.45) is 4.22. The highest BCUT2D eigenvalue weighted by Gasteiger charge is 2.42. The number of nitrogens with one attached hydrogen (secondary N) is 3. The molecule has 2 heterocycles. The van der Waals surface area contributed by atoms with E-state index >= 15 is 0 Å². The predicted molar refractivity (Wildman–Crippen MR) is 143 cm³/mol. The molecule has 2 aromatic carbocycles. The maximum Gasteiger partial charge on any atom is 0.286 e. The first-order valence-electron chi connectivity index (χ1n) is 12.0. The molecule has 4 N–H and O–H groups in total. The third kappa shape index (κ3) is 5.83. The quantitative estimate of drug-likeness (QED) is 0.444. The van der Waals surface area contributed by atoms with Crippen LogP contribution in [0.1, 0.15) is 37.3 Å². The predicted octanol–water partition coefficient (Wildman–Crippen LogP) is 3.38. The fourth-order valence-electron chi connectivity index (χ4n) is 4.70. The summed E-state index contributed by atoms with van der Waals surface area (Å²) in [7, 11) is -7.81. The molecular formula is C25H29FN4O6S2. The molecule has 204 valence electrons. The average molecular weight is 565 g/mol. The minimum absolute atomic E-state index is 0.0662. The molecule has 38 heavy (non-hydrogen) atoms. The summed E-state index contributed by atoms with van der Waals surface area (Å²) in [5.41, 5.74) is 1.94. The highest BCUT2D eigenvalue weighted by molar-refractivity contribution is 7.92. The third-order valence-electron chi connectivity index (χ3n) is 6.56. The number of carbonyl (C=O) groups is 1. The van der Waals surface area contributed by atoms with Gasteiger partial charge in [-0.05, 0) is 61.6 Å². The number of aliphatic hydroxyl groups is 1. The van der Waals surface area contributed by atoms with Crippen molar-refractivity contribution >= 4 is 43.2 Å². The van der Waals surface area contributed by atoms with Crippen molar-refractivity contribution in [2.75, 3.05) is 16.3 Å². The molecule has 1 fully saturated rings. The first-order chi connectivity index (χ1) is 17.8. The van der Waals surface area contributed by atoms with Gasteiger partial charge < -0.3 is 15.7 Å². The molecular weight excluding hydrogens is 535 g/mol. The number of aryl methyl sites for hydroxylation is 2. The van der Waals surface area contributed by atoms with Crippen LogP contribution in [0.5, 0.6) is 0 Å². The molecule has 13 heteroatoms. The Kier molecular flexibility index (Phi) is 7.53. The van der Waals surface area contributed by atoms with Crippen LogP contribution in [0.15, 0.2) is 57.0 Å². The molecule has 0 unspecified atom stereocenters. The van der Waals surface area contributed by atoms with Crippen molar-refractivity contribution in [1.82, 2.24) is 5.32 Å².